The molecule has 9 heteroatoms. The number of anilines is 3. The fourth-order valence-electron chi connectivity index (χ4n) is 3.43. The van der Waals surface area contributed by atoms with Crippen LogP contribution in [0.25, 0.3) is 11.3 Å². The van der Waals surface area contributed by atoms with E-state index in [-0.39, 0.29) is 11.9 Å². The van der Waals surface area contributed by atoms with E-state index in [1.807, 2.05) is 42.5 Å². The quantitative estimate of drug-likeness (QED) is 0.281. The molecule has 0 saturated heterocycles. The largest absolute Gasteiger partial charge is 0.384 e. The molecule has 0 spiro atoms. The highest BCUT2D eigenvalue weighted by Gasteiger charge is 2.24. The summed E-state index contributed by atoms with van der Waals surface area (Å²) in [5.74, 6) is 0.937. The maximum atomic E-state index is 12.6. The average molecular weight is 474 g/mol. The number of hydrogen-bond acceptors (Lipinski definition) is 6. The van der Waals surface area contributed by atoms with E-state index in [9.17, 15) is 9.59 Å². The molecular weight excluding hydrogens is 442 g/mol. The predicted octanol–water partition coefficient (Wildman–Crippen LogP) is 4.15. The summed E-state index contributed by atoms with van der Waals surface area (Å²) in [6.45, 7) is 3.09. The number of carbonyl (C=O) groups excluding carboxylic acids is 2. The highest BCUT2D eigenvalue weighted by Crippen LogP contribution is 2.28. The van der Waals surface area contributed by atoms with Crippen molar-refractivity contribution < 1.29 is 9.59 Å². The van der Waals surface area contributed by atoms with E-state index >= 15 is 0 Å². The van der Waals surface area contributed by atoms with Crippen LogP contribution in [0.15, 0.2) is 54.7 Å². The van der Waals surface area contributed by atoms with Gasteiger partial charge in [-0.25, -0.2) is 14.8 Å². The topological polar surface area (TPSA) is 134 Å². The van der Waals surface area contributed by atoms with E-state index in [0.717, 1.165) is 42.5 Å². The van der Waals surface area contributed by atoms with Crippen molar-refractivity contribution in [3.8, 4) is 11.3 Å². The Morgan fingerprint density at radius 3 is 2.51 bits per heavy atom. The van der Waals surface area contributed by atoms with Crippen molar-refractivity contribution in [1.29, 1.82) is 0 Å². The Kier molecular flexibility index (Phi) is 7.77. The van der Waals surface area contributed by atoms with Gasteiger partial charge in [-0.15, -0.1) is 0 Å². The first-order valence-corrected chi connectivity index (χ1v) is 11.9. The normalized spacial score (nSPS) is 12.6. The third-order valence-electron chi connectivity index (χ3n) is 5.61. The van der Waals surface area contributed by atoms with Gasteiger partial charge in [0.15, 0.2) is 0 Å². The zero-order chi connectivity index (χ0) is 24.6. The van der Waals surface area contributed by atoms with Crippen molar-refractivity contribution in [1.82, 2.24) is 20.6 Å². The molecular formula is C26H31N7O2. The second-order valence-corrected chi connectivity index (χ2v) is 8.60. The number of nitrogens with zero attached hydrogens (tertiary/aromatic N) is 2. The van der Waals surface area contributed by atoms with Crippen LogP contribution in [0.2, 0.25) is 0 Å². The lowest BCUT2D eigenvalue weighted by Crippen LogP contribution is -2.28. The molecule has 1 aromatic carbocycles. The summed E-state index contributed by atoms with van der Waals surface area (Å²) in [4.78, 5) is 33.6. The van der Waals surface area contributed by atoms with Gasteiger partial charge in [-0.2, -0.15) is 0 Å². The number of rotatable bonds is 10. The molecule has 6 N–H and O–H groups in total. The van der Waals surface area contributed by atoms with Crippen LogP contribution in [0, 0.1) is 0 Å². The van der Waals surface area contributed by atoms with Crippen LogP contribution in [0.1, 0.15) is 48.5 Å². The average Bonchev–Trinajstić information content (AvgIpc) is 3.68. The molecule has 0 radical (unpaired) electrons. The van der Waals surface area contributed by atoms with E-state index in [0.29, 0.717) is 42.0 Å². The maximum absolute atomic E-state index is 12.6. The number of hydrogen-bond donors (Lipinski definition) is 5. The van der Waals surface area contributed by atoms with Crippen molar-refractivity contribution in [2.24, 2.45) is 0 Å². The molecule has 182 valence electrons. The molecule has 4 rings (SSSR count). The molecule has 3 amide bonds. The molecule has 2 aromatic heterocycles. The van der Waals surface area contributed by atoms with Gasteiger partial charge in [0, 0.05) is 36.6 Å². The molecule has 1 fully saturated rings. The van der Waals surface area contributed by atoms with E-state index in [1.54, 1.807) is 12.3 Å². The number of aromatic nitrogens is 2. The van der Waals surface area contributed by atoms with E-state index < -0.39 is 0 Å². The SMILES string of the molecule is CCCCNC(=O)c1ccc(-c2ccc(NC(=O)NCc3ccc(N)nc3)cc2)nc1NC1CC1. The lowest BCUT2D eigenvalue weighted by molar-refractivity contribution is 0.0953. The van der Waals surface area contributed by atoms with Crippen molar-refractivity contribution >= 4 is 29.3 Å². The van der Waals surface area contributed by atoms with Gasteiger partial charge in [0.25, 0.3) is 5.91 Å². The highest BCUT2D eigenvalue weighted by molar-refractivity contribution is 5.99. The number of amides is 3. The lowest BCUT2D eigenvalue weighted by atomic mass is 10.1. The minimum Gasteiger partial charge on any atom is -0.384 e. The third-order valence-corrected chi connectivity index (χ3v) is 5.61. The van der Waals surface area contributed by atoms with Crippen LogP contribution in [0.3, 0.4) is 0 Å². The summed E-state index contributed by atoms with van der Waals surface area (Å²) < 4.78 is 0. The second kappa shape index (κ2) is 11.3. The number of nitrogen functional groups attached to an aromatic ring is 1. The maximum Gasteiger partial charge on any atom is 0.319 e. The van der Waals surface area contributed by atoms with Gasteiger partial charge in [-0.3, -0.25) is 4.79 Å². The minimum atomic E-state index is -0.318. The zero-order valence-electron chi connectivity index (χ0n) is 19.8. The molecule has 1 aliphatic carbocycles. The first-order chi connectivity index (χ1) is 17.0. The summed E-state index contributed by atoms with van der Waals surface area (Å²) in [6.07, 6.45) is 5.76. The van der Waals surface area contributed by atoms with Gasteiger partial charge in [0.05, 0.1) is 11.3 Å². The number of nitrogens with two attached hydrogens (primary N) is 1. The molecule has 1 saturated carbocycles. The lowest BCUT2D eigenvalue weighted by Gasteiger charge is -2.13. The molecule has 1 aliphatic rings. The molecule has 2 heterocycles. The Hall–Kier alpha value is -4.14. The minimum absolute atomic E-state index is 0.110. The summed E-state index contributed by atoms with van der Waals surface area (Å²) in [6, 6.07) is 14.7. The summed E-state index contributed by atoms with van der Waals surface area (Å²) in [5, 5.41) is 12.0. The number of pyridine rings is 2. The Morgan fingerprint density at radius 1 is 1.03 bits per heavy atom. The van der Waals surface area contributed by atoms with E-state index in [2.05, 4.69) is 33.2 Å². The Bertz CT molecular complexity index is 1160. The fourth-order valence-corrected chi connectivity index (χ4v) is 3.43. The van der Waals surface area contributed by atoms with Gasteiger partial charge in [0.2, 0.25) is 0 Å². The number of benzene rings is 1. The summed E-state index contributed by atoms with van der Waals surface area (Å²) in [5.41, 5.74) is 9.29. The van der Waals surface area contributed by atoms with E-state index in [1.165, 1.54) is 0 Å². The Morgan fingerprint density at radius 2 is 1.83 bits per heavy atom. The van der Waals surface area contributed by atoms with Crippen LogP contribution in [-0.4, -0.2) is 34.5 Å². The monoisotopic (exact) mass is 473 g/mol. The van der Waals surface area contributed by atoms with Crippen molar-refractivity contribution in [3.05, 3.63) is 65.9 Å². The third kappa shape index (κ3) is 6.92. The number of nitrogens with one attached hydrogen (secondary N) is 4. The number of carbonyl (C=O) groups is 2. The van der Waals surface area contributed by atoms with Crippen LogP contribution >= 0.6 is 0 Å². The summed E-state index contributed by atoms with van der Waals surface area (Å²) in [7, 11) is 0. The van der Waals surface area contributed by atoms with Gasteiger partial charge in [-0.1, -0.05) is 31.5 Å². The standard InChI is InChI=1S/C26H31N7O2/c1-2-3-14-28-25(34)21-11-12-22(33-24(21)31-19-9-10-19)18-5-7-20(8-6-18)32-26(35)30-16-17-4-13-23(27)29-15-17/h4-8,11-13,15,19H,2-3,9-10,14,16H2,1H3,(H2,27,29)(H,28,34)(H,31,33)(H2,30,32,35). The first kappa shape index (κ1) is 24.0. The molecule has 35 heavy (non-hydrogen) atoms. The van der Waals surface area contributed by atoms with Gasteiger partial charge in [0.1, 0.15) is 11.6 Å². The molecule has 3 aromatic rings. The fraction of sp³-hybridized carbons (Fsp3) is 0.308. The van der Waals surface area contributed by atoms with Crippen LogP contribution < -0.4 is 27.0 Å². The van der Waals surface area contributed by atoms with Crippen LogP contribution in [0.4, 0.5) is 22.1 Å². The molecule has 0 atom stereocenters. The van der Waals surface area contributed by atoms with E-state index in [4.69, 9.17) is 10.7 Å². The molecule has 0 unspecified atom stereocenters. The van der Waals surface area contributed by atoms with Crippen LogP contribution in [-0.2, 0) is 6.54 Å². The number of unbranched alkanes of at least 4 members (excludes halogenated alkanes) is 1. The van der Waals surface area contributed by atoms with Crippen molar-refractivity contribution in [2.75, 3.05) is 22.9 Å². The van der Waals surface area contributed by atoms with Gasteiger partial charge < -0.3 is 27.0 Å². The predicted molar refractivity (Wildman–Crippen MR) is 138 cm³/mol. The van der Waals surface area contributed by atoms with Crippen molar-refractivity contribution in [3.63, 3.8) is 0 Å². The highest BCUT2D eigenvalue weighted by atomic mass is 16.2. The smallest absolute Gasteiger partial charge is 0.319 e. The van der Waals surface area contributed by atoms with Gasteiger partial charge in [-0.05, 0) is 55.2 Å². The molecule has 9 nitrogen and oxygen atoms in total. The zero-order valence-corrected chi connectivity index (χ0v) is 19.8. The Balaban J connectivity index is 1.39. The Labute approximate surface area is 204 Å². The summed E-state index contributed by atoms with van der Waals surface area (Å²) >= 11 is 0. The van der Waals surface area contributed by atoms with Crippen LogP contribution in [0.5, 0.6) is 0 Å². The van der Waals surface area contributed by atoms with Crippen molar-refractivity contribution in [2.45, 2.75) is 45.2 Å². The number of urea groups is 1. The van der Waals surface area contributed by atoms with Gasteiger partial charge >= 0.3 is 6.03 Å². The molecule has 0 bridgehead atoms. The first-order valence-electron chi connectivity index (χ1n) is 11.9. The molecule has 0 aliphatic heterocycles. The second-order valence-electron chi connectivity index (χ2n) is 8.60.